The minimum Gasteiger partial charge on any atom is -0.346 e. The van der Waals surface area contributed by atoms with Gasteiger partial charge in [-0.05, 0) is 25.0 Å². The highest BCUT2D eigenvalue weighted by Gasteiger charge is 2.32. The first kappa shape index (κ1) is 14.1. The van der Waals surface area contributed by atoms with Crippen LogP contribution in [0.25, 0.3) is 10.9 Å². The van der Waals surface area contributed by atoms with Crippen LogP contribution in [-0.2, 0) is 0 Å². The molecule has 0 radical (unpaired) electrons. The van der Waals surface area contributed by atoms with Crippen molar-refractivity contribution >= 4 is 16.7 Å². The topological polar surface area (TPSA) is 67.9 Å². The van der Waals surface area contributed by atoms with Crippen molar-refractivity contribution in [1.29, 1.82) is 0 Å². The molecule has 3 heterocycles. The normalized spacial score (nSPS) is 18.2. The van der Waals surface area contributed by atoms with E-state index in [0.29, 0.717) is 5.89 Å². The second-order valence-electron chi connectivity index (χ2n) is 6.21. The van der Waals surface area contributed by atoms with E-state index in [1.807, 2.05) is 18.2 Å². The lowest BCUT2D eigenvalue weighted by Crippen LogP contribution is -2.24. The number of aromatic nitrogens is 4. The fraction of sp³-hybridized carbons (Fsp3) is 0.412. The lowest BCUT2D eigenvalue weighted by atomic mass is 10.2. The smallest absolute Gasteiger partial charge is 0.229 e. The van der Waals surface area contributed by atoms with Gasteiger partial charge < -0.3 is 9.42 Å². The molecular formula is C17H19N5O. The molecule has 2 aromatic heterocycles. The van der Waals surface area contributed by atoms with Gasteiger partial charge in [0.1, 0.15) is 12.1 Å². The minimum absolute atomic E-state index is 0.115. The molecule has 0 N–H and O–H groups in total. The Morgan fingerprint density at radius 3 is 2.91 bits per heavy atom. The lowest BCUT2D eigenvalue weighted by Gasteiger charge is -2.24. The molecule has 0 bridgehead atoms. The summed E-state index contributed by atoms with van der Waals surface area (Å²) in [6.07, 6.45) is 3.73. The summed E-state index contributed by atoms with van der Waals surface area (Å²) in [4.78, 5) is 15.7. The first-order valence-electron chi connectivity index (χ1n) is 8.04. The van der Waals surface area contributed by atoms with Crippen molar-refractivity contribution < 1.29 is 4.52 Å². The molecule has 0 amide bonds. The number of para-hydroxylation sites is 1. The fourth-order valence-corrected chi connectivity index (χ4v) is 3.13. The molecule has 0 unspecified atom stereocenters. The lowest BCUT2D eigenvalue weighted by molar-refractivity contribution is 0.358. The van der Waals surface area contributed by atoms with Gasteiger partial charge in [0.15, 0.2) is 5.82 Å². The van der Waals surface area contributed by atoms with E-state index in [0.717, 1.165) is 41.9 Å². The monoisotopic (exact) mass is 309 g/mol. The standard InChI is InChI=1S/C17H19N5O/c1-11(2)17-20-15(21-23-17)14-8-5-9-22(14)16-12-6-3-4-7-13(12)18-10-19-16/h3-4,6-7,10-11,14H,5,8-9H2,1-2H3/t14-/m0/s1. The Morgan fingerprint density at radius 1 is 1.22 bits per heavy atom. The third kappa shape index (κ3) is 2.44. The molecule has 0 aliphatic carbocycles. The third-order valence-corrected chi connectivity index (χ3v) is 4.30. The fourth-order valence-electron chi connectivity index (χ4n) is 3.13. The summed E-state index contributed by atoms with van der Waals surface area (Å²) in [5, 5.41) is 5.27. The van der Waals surface area contributed by atoms with Crippen LogP contribution in [0, 0.1) is 0 Å². The molecule has 1 aliphatic rings. The van der Waals surface area contributed by atoms with Crippen molar-refractivity contribution in [3.8, 4) is 0 Å². The Labute approximate surface area is 134 Å². The summed E-state index contributed by atoms with van der Waals surface area (Å²) in [7, 11) is 0. The van der Waals surface area contributed by atoms with E-state index in [-0.39, 0.29) is 12.0 Å². The summed E-state index contributed by atoms with van der Waals surface area (Å²) in [6.45, 7) is 5.06. The van der Waals surface area contributed by atoms with E-state index in [9.17, 15) is 0 Å². The molecular weight excluding hydrogens is 290 g/mol. The Morgan fingerprint density at radius 2 is 2.09 bits per heavy atom. The van der Waals surface area contributed by atoms with Crippen molar-refractivity contribution in [2.75, 3.05) is 11.4 Å². The highest BCUT2D eigenvalue weighted by atomic mass is 16.5. The van der Waals surface area contributed by atoms with Crippen molar-refractivity contribution in [1.82, 2.24) is 20.1 Å². The quantitative estimate of drug-likeness (QED) is 0.738. The predicted octanol–water partition coefficient (Wildman–Crippen LogP) is 3.48. The molecule has 4 rings (SSSR count). The highest BCUT2D eigenvalue weighted by Crippen LogP contribution is 2.36. The highest BCUT2D eigenvalue weighted by molar-refractivity contribution is 5.89. The third-order valence-electron chi connectivity index (χ3n) is 4.30. The van der Waals surface area contributed by atoms with Gasteiger partial charge in [0, 0.05) is 17.8 Å². The molecule has 6 nitrogen and oxygen atoms in total. The van der Waals surface area contributed by atoms with Crippen LogP contribution in [0.3, 0.4) is 0 Å². The zero-order valence-electron chi connectivity index (χ0n) is 13.3. The van der Waals surface area contributed by atoms with E-state index in [1.165, 1.54) is 0 Å². The summed E-state index contributed by atoms with van der Waals surface area (Å²) in [5.74, 6) is 2.65. The molecule has 1 atom stereocenters. The second kappa shape index (κ2) is 5.61. The first-order valence-corrected chi connectivity index (χ1v) is 8.04. The van der Waals surface area contributed by atoms with E-state index < -0.39 is 0 Å². The maximum Gasteiger partial charge on any atom is 0.229 e. The van der Waals surface area contributed by atoms with Crippen LogP contribution < -0.4 is 4.90 Å². The average molecular weight is 309 g/mol. The van der Waals surface area contributed by atoms with Gasteiger partial charge in [0.05, 0.1) is 11.6 Å². The zero-order chi connectivity index (χ0) is 15.8. The van der Waals surface area contributed by atoms with Gasteiger partial charge in [-0.1, -0.05) is 31.1 Å². The molecule has 0 spiro atoms. The number of hydrogen-bond acceptors (Lipinski definition) is 6. The number of benzene rings is 1. The van der Waals surface area contributed by atoms with Crippen LogP contribution in [0.4, 0.5) is 5.82 Å². The van der Waals surface area contributed by atoms with Gasteiger partial charge in [-0.15, -0.1) is 0 Å². The largest absolute Gasteiger partial charge is 0.346 e. The molecule has 118 valence electrons. The first-order chi connectivity index (χ1) is 11.2. The Hall–Kier alpha value is -2.50. The predicted molar refractivity (Wildman–Crippen MR) is 87.2 cm³/mol. The number of anilines is 1. The van der Waals surface area contributed by atoms with E-state index in [1.54, 1.807) is 6.33 Å². The van der Waals surface area contributed by atoms with Crippen LogP contribution in [0.2, 0.25) is 0 Å². The van der Waals surface area contributed by atoms with Crippen LogP contribution in [-0.4, -0.2) is 26.7 Å². The van der Waals surface area contributed by atoms with Crippen molar-refractivity contribution in [2.45, 2.75) is 38.6 Å². The Kier molecular flexibility index (Phi) is 3.44. The average Bonchev–Trinajstić information content (AvgIpc) is 3.23. The van der Waals surface area contributed by atoms with Crippen LogP contribution in [0.5, 0.6) is 0 Å². The second-order valence-corrected chi connectivity index (χ2v) is 6.21. The Bertz CT molecular complexity index is 823. The van der Waals surface area contributed by atoms with Crippen LogP contribution >= 0.6 is 0 Å². The van der Waals surface area contributed by atoms with Gasteiger partial charge in [0.25, 0.3) is 0 Å². The van der Waals surface area contributed by atoms with Gasteiger partial charge in [-0.3, -0.25) is 0 Å². The molecule has 23 heavy (non-hydrogen) atoms. The molecule has 1 aliphatic heterocycles. The van der Waals surface area contributed by atoms with Crippen molar-refractivity contribution in [2.24, 2.45) is 0 Å². The maximum atomic E-state index is 5.39. The summed E-state index contributed by atoms with van der Waals surface area (Å²) >= 11 is 0. The number of fused-ring (bicyclic) bond motifs is 1. The number of rotatable bonds is 3. The molecule has 1 aromatic carbocycles. The van der Waals surface area contributed by atoms with Crippen molar-refractivity contribution in [3.63, 3.8) is 0 Å². The number of nitrogens with zero attached hydrogens (tertiary/aromatic N) is 5. The Balaban J connectivity index is 1.74. The molecule has 6 heteroatoms. The molecule has 1 fully saturated rings. The summed E-state index contributed by atoms with van der Waals surface area (Å²) < 4.78 is 5.39. The van der Waals surface area contributed by atoms with E-state index in [2.05, 4.69) is 44.9 Å². The summed E-state index contributed by atoms with van der Waals surface area (Å²) in [5.41, 5.74) is 0.958. The van der Waals surface area contributed by atoms with Gasteiger partial charge >= 0.3 is 0 Å². The van der Waals surface area contributed by atoms with E-state index in [4.69, 9.17) is 4.52 Å². The van der Waals surface area contributed by atoms with Crippen LogP contribution in [0.1, 0.15) is 50.4 Å². The van der Waals surface area contributed by atoms with Gasteiger partial charge in [-0.25, -0.2) is 9.97 Å². The summed E-state index contributed by atoms with van der Waals surface area (Å²) in [6, 6.07) is 8.21. The SMILES string of the molecule is CC(C)c1nc([C@@H]2CCCN2c2ncnc3ccccc23)no1. The minimum atomic E-state index is 0.115. The molecule has 3 aromatic rings. The maximum absolute atomic E-state index is 5.39. The zero-order valence-corrected chi connectivity index (χ0v) is 13.3. The van der Waals surface area contributed by atoms with Crippen LogP contribution in [0.15, 0.2) is 35.1 Å². The molecule has 1 saturated heterocycles. The van der Waals surface area contributed by atoms with E-state index >= 15 is 0 Å². The van der Waals surface area contributed by atoms with Gasteiger partial charge in [0.2, 0.25) is 5.89 Å². The number of hydrogen-bond donors (Lipinski definition) is 0. The van der Waals surface area contributed by atoms with Gasteiger partial charge in [-0.2, -0.15) is 4.98 Å². The molecule has 0 saturated carbocycles. The van der Waals surface area contributed by atoms with Crippen molar-refractivity contribution in [3.05, 3.63) is 42.3 Å².